The van der Waals surface area contributed by atoms with E-state index < -0.39 is 5.82 Å². The molecule has 3 rings (SSSR count). The van der Waals surface area contributed by atoms with Gasteiger partial charge in [-0.25, -0.2) is 4.39 Å². The molecule has 0 radical (unpaired) electrons. The van der Waals surface area contributed by atoms with Gasteiger partial charge in [-0.05, 0) is 60.6 Å². The zero-order valence-corrected chi connectivity index (χ0v) is 12.7. The second kappa shape index (κ2) is 6.51. The number of aromatic hydroxyl groups is 1. The molecule has 116 valence electrons. The van der Waals surface area contributed by atoms with E-state index >= 15 is 0 Å². The first kappa shape index (κ1) is 15.1. The second-order valence-electron chi connectivity index (χ2n) is 5.33. The number of phenolic OH excluding ortho intramolecular Hbond substituents is 1. The molecule has 1 atom stereocenters. The summed E-state index contributed by atoms with van der Waals surface area (Å²) in [6.07, 6.45) is 11.1. The average Bonchev–Trinajstić information content (AvgIpc) is 2.79. The number of nitrogens with zero attached hydrogens (tertiary/aromatic N) is 1. The van der Waals surface area contributed by atoms with Crippen molar-refractivity contribution in [3.8, 4) is 5.75 Å². The first-order valence-corrected chi connectivity index (χ1v) is 7.32. The van der Waals surface area contributed by atoms with Crippen molar-refractivity contribution in [3.05, 3.63) is 82.6 Å². The Labute approximate surface area is 134 Å². The van der Waals surface area contributed by atoms with Gasteiger partial charge in [-0.15, -0.1) is 5.73 Å². The van der Waals surface area contributed by atoms with Crippen molar-refractivity contribution in [2.24, 2.45) is 4.99 Å². The molecule has 0 fully saturated rings. The molecule has 23 heavy (non-hydrogen) atoms. The van der Waals surface area contributed by atoms with Crippen LogP contribution in [0.3, 0.4) is 0 Å². The van der Waals surface area contributed by atoms with E-state index in [-0.39, 0.29) is 18.4 Å². The summed E-state index contributed by atoms with van der Waals surface area (Å²) in [5.74, 6) is 0.0448. The maximum Gasteiger partial charge on any atom is 0.127 e. The number of ether oxygens (including phenoxy) is 1. The lowest BCUT2D eigenvalue weighted by molar-refractivity contribution is 0.210. The van der Waals surface area contributed by atoms with Crippen molar-refractivity contribution in [2.45, 2.75) is 19.6 Å². The Bertz CT molecular complexity index is 788. The summed E-state index contributed by atoms with van der Waals surface area (Å²) in [7, 11) is 0. The van der Waals surface area contributed by atoms with Crippen LogP contribution in [0.5, 0.6) is 5.75 Å². The first-order chi connectivity index (χ1) is 11.1. The molecule has 2 aliphatic rings. The molecule has 0 amide bonds. The van der Waals surface area contributed by atoms with E-state index in [1.54, 1.807) is 18.4 Å². The predicted octanol–water partition coefficient (Wildman–Crippen LogP) is 3.98. The van der Waals surface area contributed by atoms with Gasteiger partial charge in [0, 0.05) is 17.9 Å². The maximum absolute atomic E-state index is 13.2. The summed E-state index contributed by atoms with van der Waals surface area (Å²) in [6, 6.07) is 4.01. The molecular weight excluding hydrogens is 293 g/mol. The van der Waals surface area contributed by atoms with Crippen LogP contribution in [0.1, 0.15) is 12.5 Å². The first-order valence-electron chi connectivity index (χ1n) is 7.32. The van der Waals surface area contributed by atoms with Crippen molar-refractivity contribution in [2.75, 3.05) is 0 Å². The highest BCUT2D eigenvalue weighted by atomic mass is 19.1. The van der Waals surface area contributed by atoms with Gasteiger partial charge in [0.15, 0.2) is 0 Å². The third kappa shape index (κ3) is 3.68. The van der Waals surface area contributed by atoms with Crippen molar-refractivity contribution >= 4 is 6.21 Å². The van der Waals surface area contributed by atoms with Crippen LogP contribution in [-0.2, 0) is 11.3 Å². The van der Waals surface area contributed by atoms with Gasteiger partial charge in [-0.2, -0.15) is 0 Å². The van der Waals surface area contributed by atoms with Crippen LogP contribution >= 0.6 is 0 Å². The Balaban J connectivity index is 1.66. The number of aliphatic imine (C=N–C) groups is 1. The summed E-state index contributed by atoms with van der Waals surface area (Å²) in [6.45, 7) is 2.21. The zero-order valence-electron chi connectivity index (χ0n) is 12.7. The summed E-state index contributed by atoms with van der Waals surface area (Å²) >= 11 is 0. The minimum atomic E-state index is -0.486. The van der Waals surface area contributed by atoms with E-state index in [1.807, 2.05) is 25.2 Å². The minimum absolute atomic E-state index is 0.111. The van der Waals surface area contributed by atoms with E-state index in [0.29, 0.717) is 11.3 Å². The molecule has 0 spiro atoms. The highest BCUT2D eigenvalue weighted by Gasteiger charge is 2.13. The molecular formula is C19H16FNO2. The monoisotopic (exact) mass is 309 g/mol. The number of hydrogen-bond donors (Lipinski definition) is 1. The number of rotatable bonds is 4. The quantitative estimate of drug-likeness (QED) is 0.855. The van der Waals surface area contributed by atoms with Gasteiger partial charge >= 0.3 is 0 Å². The molecule has 1 heterocycles. The number of benzene rings is 1. The highest BCUT2D eigenvalue weighted by molar-refractivity contribution is 5.78. The molecule has 1 aromatic carbocycles. The third-order valence-corrected chi connectivity index (χ3v) is 3.57. The van der Waals surface area contributed by atoms with Crippen LogP contribution in [0.15, 0.2) is 76.2 Å². The van der Waals surface area contributed by atoms with E-state index in [2.05, 4.69) is 10.7 Å². The van der Waals surface area contributed by atoms with Gasteiger partial charge in [0.25, 0.3) is 0 Å². The second-order valence-corrected chi connectivity index (χ2v) is 5.33. The Morgan fingerprint density at radius 2 is 2.13 bits per heavy atom. The zero-order chi connectivity index (χ0) is 16.2. The van der Waals surface area contributed by atoms with Crippen LogP contribution in [-0.4, -0.2) is 17.4 Å². The Kier molecular flexibility index (Phi) is 4.26. The van der Waals surface area contributed by atoms with Gasteiger partial charge < -0.3 is 9.84 Å². The molecule has 1 aromatic rings. The standard InChI is InChI=1S/C19H16FNO2/c1-13-19(7-8-21-13)15-3-2-4-18(6-5-15)23-12-14-9-16(20)11-17(22)10-14/h2,4-11,13,22H,12H2,1H3/t13-/m1/s1. The minimum Gasteiger partial charge on any atom is -0.508 e. The normalized spacial score (nSPS) is 19.2. The molecule has 4 heteroatoms. The topological polar surface area (TPSA) is 41.8 Å². The maximum atomic E-state index is 13.2. The van der Waals surface area contributed by atoms with Crippen LogP contribution < -0.4 is 0 Å². The van der Waals surface area contributed by atoms with E-state index in [0.717, 1.165) is 17.2 Å². The van der Waals surface area contributed by atoms with Gasteiger partial charge in [0.2, 0.25) is 0 Å². The lowest BCUT2D eigenvalue weighted by Gasteiger charge is -2.08. The van der Waals surface area contributed by atoms with Crippen molar-refractivity contribution in [1.29, 1.82) is 0 Å². The predicted molar refractivity (Wildman–Crippen MR) is 87.7 cm³/mol. The molecule has 0 saturated carbocycles. The molecule has 1 aliphatic carbocycles. The molecule has 3 nitrogen and oxygen atoms in total. The van der Waals surface area contributed by atoms with Crippen LogP contribution in [0.2, 0.25) is 0 Å². The number of hydrogen-bond acceptors (Lipinski definition) is 3. The summed E-state index contributed by atoms with van der Waals surface area (Å²) in [5, 5.41) is 9.39. The third-order valence-electron chi connectivity index (χ3n) is 3.57. The van der Waals surface area contributed by atoms with Gasteiger partial charge in [-0.3, -0.25) is 4.99 Å². The van der Waals surface area contributed by atoms with Crippen LogP contribution in [0, 0.1) is 5.82 Å². The fraction of sp³-hybridized carbons (Fsp3) is 0.158. The molecule has 1 N–H and O–H groups in total. The SMILES string of the molecule is C[C@H]1N=CC=C1C1=C=CC=C(OCc2cc(O)cc(F)c2)C=C1. The molecule has 0 bridgehead atoms. The van der Waals surface area contributed by atoms with Gasteiger partial charge in [-0.1, -0.05) is 0 Å². The van der Waals surface area contributed by atoms with Gasteiger partial charge in [0.1, 0.15) is 23.9 Å². The smallest absolute Gasteiger partial charge is 0.127 e. The lowest BCUT2D eigenvalue weighted by atomic mass is 10.0. The molecule has 0 saturated heterocycles. The van der Waals surface area contributed by atoms with Crippen molar-refractivity contribution in [1.82, 2.24) is 0 Å². The molecule has 0 unspecified atom stereocenters. The number of allylic oxidation sites excluding steroid dienone is 4. The van der Waals surface area contributed by atoms with Gasteiger partial charge in [0.05, 0.1) is 6.04 Å². The van der Waals surface area contributed by atoms with Crippen LogP contribution in [0.4, 0.5) is 4.39 Å². The summed E-state index contributed by atoms with van der Waals surface area (Å²) < 4.78 is 18.9. The largest absolute Gasteiger partial charge is 0.508 e. The van der Waals surface area contributed by atoms with E-state index in [9.17, 15) is 9.50 Å². The summed E-state index contributed by atoms with van der Waals surface area (Å²) in [4.78, 5) is 4.30. The van der Waals surface area contributed by atoms with Crippen molar-refractivity contribution in [3.63, 3.8) is 0 Å². The number of halogens is 1. The lowest BCUT2D eigenvalue weighted by Crippen LogP contribution is -1.99. The fourth-order valence-electron chi connectivity index (χ4n) is 2.43. The highest BCUT2D eigenvalue weighted by Crippen LogP contribution is 2.23. The fourth-order valence-corrected chi connectivity index (χ4v) is 2.43. The Morgan fingerprint density at radius 1 is 1.26 bits per heavy atom. The van der Waals surface area contributed by atoms with E-state index in [1.165, 1.54) is 12.1 Å². The average molecular weight is 309 g/mol. The Morgan fingerprint density at radius 3 is 2.87 bits per heavy atom. The van der Waals surface area contributed by atoms with Crippen LogP contribution in [0.25, 0.3) is 0 Å². The molecule has 1 aliphatic heterocycles. The molecule has 0 aromatic heterocycles. The number of phenols is 1. The van der Waals surface area contributed by atoms with Crippen molar-refractivity contribution < 1.29 is 14.2 Å². The summed E-state index contributed by atoms with van der Waals surface area (Å²) in [5.41, 5.74) is 5.85. The Hall–Kier alpha value is -2.84. The van der Waals surface area contributed by atoms with E-state index in [4.69, 9.17) is 4.74 Å².